The summed E-state index contributed by atoms with van der Waals surface area (Å²) in [6.45, 7) is 6.86. The smallest absolute Gasteiger partial charge is 0.456 e. The van der Waals surface area contributed by atoms with E-state index in [1.165, 1.54) is 12.1 Å². The molecule has 7 atom stereocenters. The van der Waals surface area contributed by atoms with E-state index in [-0.39, 0.29) is 24.3 Å². The third-order valence-electron chi connectivity index (χ3n) is 7.33. The van der Waals surface area contributed by atoms with E-state index in [1.54, 1.807) is 39.0 Å². The fourth-order valence-electron chi connectivity index (χ4n) is 4.81. The number of halogens is 3. The first-order chi connectivity index (χ1) is 19.9. The van der Waals surface area contributed by atoms with E-state index < -0.39 is 60.5 Å². The monoisotopic (exact) mass is 591 g/mol. The summed E-state index contributed by atoms with van der Waals surface area (Å²) < 4.78 is 78.8. The van der Waals surface area contributed by atoms with Crippen LogP contribution >= 0.6 is 0 Å². The van der Waals surface area contributed by atoms with Crippen LogP contribution in [-0.4, -0.2) is 61.5 Å². The molecule has 1 aliphatic carbocycles. The maximum absolute atomic E-state index is 14.2. The molecule has 42 heavy (non-hydrogen) atoms. The van der Waals surface area contributed by atoms with Crippen LogP contribution in [0.5, 0.6) is 0 Å². The maximum Gasteiger partial charge on any atom is 0.468 e. The second-order valence-electron chi connectivity index (χ2n) is 11.9. The molecule has 2 aromatic carbocycles. The van der Waals surface area contributed by atoms with Gasteiger partial charge in [-0.05, 0) is 58.6 Å². The average Bonchev–Trinajstić information content (AvgIpc) is 3.80. The molecule has 0 aromatic heterocycles. The molecule has 2 saturated heterocycles. The Morgan fingerprint density at radius 2 is 1.57 bits per heavy atom. The summed E-state index contributed by atoms with van der Waals surface area (Å²) in [6.07, 6.45) is -10.2. The predicted octanol–water partition coefficient (Wildman–Crippen LogP) is 6.28. The lowest BCUT2D eigenvalue weighted by molar-refractivity contribution is -0.362. The molecule has 0 bridgehead atoms. The van der Waals surface area contributed by atoms with Crippen LogP contribution < -0.4 is 0 Å². The van der Waals surface area contributed by atoms with Crippen molar-refractivity contribution in [2.45, 2.75) is 89.8 Å². The van der Waals surface area contributed by atoms with E-state index in [0.29, 0.717) is 0 Å². The van der Waals surface area contributed by atoms with Gasteiger partial charge in [0.1, 0.15) is 12.2 Å². The molecule has 0 radical (unpaired) electrons. The summed E-state index contributed by atoms with van der Waals surface area (Å²) in [6, 6.07) is 16.8. The van der Waals surface area contributed by atoms with Gasteiger partial charge in [-0.1, -0.05) is 48.5 Å². The fourth-order valence-corrected chi connectivity index (χ4v) is 4.81. The first-order valence-corrected chi connectivity index (χ1v) is 14.1. The topological polar surface area (TPSA) is 84.8 Å². The van der Waals surface area contributed by atoms with Crippen molar-refractivity contribution < 1.29 is 46.4 Å². The van der Waals surface area contributed by atoms with Crippen LogP contribution in [0.4, 0.5) is 18.9 Å². The number of alkyl halides is 3. The molecule has 2 aromatic rings. The van der Waals surface area contributed by atoms with Crippen molar-refractivity contribution in [3.63, 3.8) is 0 Å². The minimum Gasteiger partial charge on any atom is -0.456 e. The number of para-hydroxylation sites is 1. The minimum absolute atomic E-state index is 0.0459. The number of ether oxygens (including phenoxy) is 6. The van der Waals surface area contributed by atoms with Crippen molar-refractivity contribution in [3.8, 4) is 0 Å². The molecule has 3 aliphatic rings. The number of carbonyl (C=O) groups is 1. The molecule has 0 N–H and O–H groups in total. The molecule has 8 nitrogen and oxygen atoms in total. The van der Waals surface area contributed by atoms with Crippen LogP contribution in [0.2, 0.25) is 0 Å². The quantitative estimate of drug-likeness (QED) is 0.213. The van der Waals surface area contributed by atoms with E-state index in [2.05, 4.69) is 4.99 Å². The minimum atomic E-state index is -4.95. The molecule has 0 amide bonds. The summed E-state index contributed by atoms with van der Waals surface area (Å²) in [4.78, 5) is 16.9. The van der Waals surface area contributed by atoms with Crippen molar-refractivity contribution in [1.82, 2.24) is 0 Å². The zero-order valence-corrected chi connectivity index (χ0v) is 24.0. The van der Waals surface area contributed by atoms with Gasteiger partial charge in [0, 0.05) is 5.56 Å². The first-order valence-electron chi connectivity index (χ1n) is 14.1. The van der Waals surface area contributed by atoms with Crippen LogP contribution in [-0.2, 0) is 33.2 Å². The Balaban J connectivity index is 1.51. The molecule has 5 rings (SSSR count). The van der Waals surface area contributed by atoms with Crippen LogP contribution in [0, 0.1) is 11.3 Å². The highest BCUT2D eigenvalue weighted by Crippen LogP contribution is 2.41. The lowest BCUT2D eigenvalue weighted by atomic mass is 9.94. The Kier molecular flexibility index (Phi) is 8.94. The summed E-state index contributed by atoms with van der Waals surface area (Å²) in [5.41, 5.74) is -0.131. The SMILES string of the molecule is CC(O[C@H]1C(OC(=Nc2ccccc2)C(F)(F)F)O[C@@H]2CO[C@@H](c3ccccc3)O[C@H]2[C@@H]1OC(=O)C(C)(C)C)C1CC1. The third kappa shape index (κ3) is 7.31. The molecular weight excluding hydrogens is 555 g/mol. The van der Waals surface area contributed by atoms with Crippen molar-refractivity contribution in [1.29, 1.82) is 0 Å². The summed E-state index contributed by atoms with van der Waals surface area (Å²) in [7, 11) is 0. The largest absolute Gasteiger partial charge is 0.468 e. The normalized spacial score (nSPS) is 29.4. The Hall–Kier alpha value is -2.99. The zero-order chi connectivity index (χ0) is 30.1. The van der Waals surface area contributed by atoms with E-state index >= 15 is 0 Å². The summed E-state index contributed by atoms with van der Waals surface area (Å²) in [5.74, 6) is -1.86. The van der Waals surface area contributed by atoms with Crippen molar-refractivity contribution in [3.05, 3.63) is 66.2 Å². The van der Waals surface area contributed by atoms with Crippen LogP contribution in [0.3, 0.4) is 0 Å². The van der Waals surface area contributed by atoms with E-state index in [1.807, 2.05) is 37.3 Å². The average molecular weight is 592 g/mol. The van der Waals surface area contributed by atoms with Crippen LogP contribution in [0.15, 0.2) is 65.7 Å². The highest BCUT2D eigenvalue weighted by atomic mass is 19.4. The molecule has 3 fully saturated rings. The summed E-state index contributed by atoms with van der Waals surface area (Å²) in [5, 5.41) is 0. The van der Waals surface area contributed by atoms with Gasteiger partial charge in [0.25, 0.3) is 5.90 Å². The number of carbonyl (C=O) groups excluding carboxylic acids is 1. The number of esters is 1. The first kappa shape index (κ1) is 30.5. The van der Waals surface area contributed by atoms with E-state index in [0.717, 1.165) is 18.4 Å². The molecular formula is C31H36F3NO7. The molecule has 2 heterocycles. The second-order valence-corrected chi connectivity index (χ2v) is 11.9. The van der Waals surface area contributed by atoms with Crippen molar-refractivity contribution in [2.75, 3.05) is 6.61 Å². The Morgan fingerprint density at radius 1 is 0.929 bits per heavy atom. The standard InChI is InChI=1S/C31H36F3NO7/c1-18(19-15-16-19)38-25-24(41-29(36)30(2,3)4)23-22(17-37-26(40-23)20-11-7-5-8-12-20)39-27(25)42-28(31(32,33)34)35-21-13-9-6-10-14-21/h5-14,18-19,22-27H,15-17H2,1-4H3/t18?,22-,23-,24+,25-,26-,27?/m1/s1. The van der Waals surface area contributed by atoms with Gasteiger partial charge in [0.05, 0.1) is 23.8 Å². The Labute approximate surface area is 243 Å². The third-order valence-corrected chi connectivity index (χ3v) is 7.33. The highest BCUT2D eigenvalue weighted by molar-refractivity contribution is 5.84. The lowest BCUT2D eigenvalue weighted by Gasteiger charge is -2.49. The van der Waals surface area contributed by atoms with Crippen molar-refractivity contribution >= 4 is 17.6 Å². The number of hydrogen-bond acceptors (Lipinski definition) is 8. The van der Waals surface area contributed by atoms with Gasteiger partial charge in [-0.2, -0.15) is 13.2 Å². The zero-order valence-electron chi connectivity index (χ0n) is 24.0. The lowest BCUT2D eigenvalue weighted by Crippen LogP contribution is -2.65. The van der Waals surface area contributed by atoms with Gasteiger partial charge >= 0.3 is 12.1 Å². The molecule has 2 unspecified atom stereocenters. The molecule has 0 spiro atoms. The number of benzene rings is 2. The molecule has 11 heteroatoms. The molecule has 228 valence electrons. The van der Waals surface area contributed by atoms with E-state index in [4.69, 9.17) is 28.4 Å². The maximum atomic E-state index is 14.2. The Morgan fingerprint density at radius 3 is 2.17 bits per heavy atom. The number of fused-ring (bicyclic) bond motifs is 1. The van der Waals surface area contributed by atoms with Gasteiger partial charge in [0.15, 0.2) is 18.5 Å². The number of nitrogens with zero attached hydrogens (tertiary/aromatic N) is 1. The number of rotatable bonds is 7. The van der Waals surface area contributed by atoms with Gasteiger partial charge in [-0.3, -0.25) is 4.79 Å². The second kappa shape index (κ2) is 12.3. The van der Waals surface area contributed by atoms with Gasteiger partial charge in [-0.15, -0.1) is 0 Å². The summed E-state index contributed by atoms with van der Waals surface area (Å²) >= 11 is 0. The molecule has 1 saturated carbocycles. The number of hydrogen-bond donors (Lipinski definition) is 0. The van der Waals surface area contributed by atoms with Crippen molar-refractivity contribution in [2.24, 2.45) is 16.3 Å². The highest BCUT2D eigenvalue weighted by Gasteiger charge is 2.56. The van der Waals surface area contributed by atoms with E-state index in [9.17, 15) is 18.0 Å². The van der Waals surface area contributed by atoms with Crippen LogP contribution in [0.1, 0.15) is 52.4 Å². The fraction of sp³-hybridized carbons (Fsp3) is 0.548. The van der Waals surface area contributed by atoms with Gasteiger partial charge in [-0.25, -0.2) is 4.99 Å². The molecule has 2 aliphatic heterocycles. The predicted molar refractivity (Wildman–Crippen MR) is 146 cm³/mol. The number of aliphatic imine (C=N–C) groups is 1. The Bertz CT molecular complexity index is 1230. The van der Waals surface area contributed by atoms with Gasteiger partial charge < -0.3 is 28.4 Å². The van der Waals surface area contributed by atoms with Gasteiger partial charge in [0.2, 0.25) is 6.29 Å². The van der Waals surface area contributed by atoms with Crippen LogP contribution in [0.25, 0.3) is 0 Å².